The quantitative estimate of drug-likeness (QED) is 0.0947. The summed E-state index contributed by atoms with van der Waals surface area (Å²) >= 11 is 0. The second kappa shape index (κ2) is 19.5. The number of hydrogen-bond acceptors (Lipinski definition) is 13. The minimum Gasteiger partial charge on any atom is -0.481 e. The van der Waals surface area contributed by atoms with Gasteiger partial charge >= 0.3 is 29.8 Å². The molecule has 0 aromatic heterocycles. The third kappa shape index (κ3) is 14.5. The summed E-state index contributed by atoms with van der Waals surface area (Å²) in [5.41, 5.74) is -5.63. The van der Waals surface area contributed by atoms with E-state index in [4.69, 9.17) is 18.9 Å². The first kappa shape index (κ1) is 49.2. The van der Waals surface area contributed by atoms with Crippen LogP contribution in [0.2, 0.25) is 0 Å². The van der Waals surface area contributed by atoms with E-state index >= 15 is 0 Å². The molecule has 52 heavy (non-hydrogen) atoms. The van der Waals surface area contributed by atoms with E-state index in [1.807, 2.05) is 53.9 Å². The molecule has 0 aliphatic carbocycles. The number of aliphatic hydroxyl groups is 2. The van der Waals surface area contributed by atoms with E-state index in [1.165, 1.54) is 20.8 Å². The zero-order valence-electron chi connectivity index (χ0n) is 34.6. The van der Waals surface area contributed by atoms with Crippen LogP contribution in [-0.4, -0.2) is 133 Å². The number of carboxylic acid groups (broad SMARTS) is 1. The Balaban J connectivity index is 5.97. The Labute approximate surface area is 311 Å². The molecule has 304 valence electrons. The average molecular weight is 747 g/mol. The molecule has 6 atom stereocenters. The molecule has 0 fully saturated rings. The van der Waals surface area contributed by atoms with Crippen LogP contribution in [0.5, 0.6) is 0 Å². The highest BCUT2D eigenvalue weighted by Crippen LogP contribution is 2.45. The smallest absolute Gasteiger partial charge is 0.312 e. The summed E-state index contributed by atoms with van der Waals surface area (Å²) in [6.45, 7) is 17.4. The van der Waals surface area contributed by atoms with Crippen molar-refractivity contribution in [3.8, 4) is 0 Å². The fourth-order valence-electron chi connectivity index (χ4n) is 6.65. The lowest BCUT2D eigenvalue weighted by atomic mass is 9.66. The van der Waals surface area contributed by atoms with E-state index in [-0.39, 0.29) is 32.5 Å². The van der Waals surface area contributed by atoms with Gasteiger partial charge in [0.2, 0.25) is 0 Å². The minimum atomic E-state index is -1.32. The maximum atomic E-state index is 13.9. The van der Waals surface area contributed by atoms with Gasteiger partial charge < -0.3 is 44.1 Å². The highest BCUT2D eigenvalue weighted by molar-refractivity contribution is 5.80. The number of aliphatic hydroxyl groups excluding tert-OH is 2. The zero-order chi connectivity index (χ0) is 41.1. The second-order valence-corrected chi connectivity index (χ2v) is 17.3. The van der Waals surface area contributed by atoms with Crippen molar-refractivity contribution in [2.75, 3.05) is 54.6 Å². The maximum Gasteiger partial charge on any atom is 0.312 e. The van der Waals surface area contributed by atoms with Crippen molar-refractivity contribution in [3.05, 3.63) is 0 Å². The summed E-state index contributed by atoms with van der Waals surface area (Å²) in [5, 5.41) is 30.4. The van der Waals surface area contributed by atoms with E-state index in [2.05, 4.69) is 11.8 Å². The largest absolute Gasteiger partial charge is 0.481 e. The molecular formula is C38H70N2O12. The Kier molecular flexibility index (Phi) is 18.4. The van der Waals surface area contributed by atoms with Crippen LogP contribution in [0, 0.1) is 21.7 Å². The molecule has 0 aromatic rings. The van der Waals surface area contributed by atoms with Gasteiger partial charge in [0, 0.05) is 18.0 Å². The molecule has 14 heteroatoms. The van der Waals surface area contributed by atoms with E-state index in [9.17, 15) is 39.3 Å². The molecule has 0 rings (SSSR count). The van der Waals surface area contributed by atoms with Crippen LogP contribution in [0.25, 0.3) is 0 Å². The van der Waals surface area contributed by atoms with Crippen LogP contribution in [0.4, 0.5) is 0 Å². The Bertz CT molecular complexity index is 1220. The van der Waals surface area contributed by atoms with Crippen LogP contribution in [0.15, 0.2) is 0 Å². The van der Waals surface area contributed by atoms with Crippen molar-refractivity contribution < 1.29 is 58.2 Å². The van der Waals surface area contributed by atoms with E-state index < -0.39 is 88.0 Å². The van der Waals surface area contributed by atoms with Gasteiger partial charge in [-0.2, -0.15) is 0 Å². The second-order valence-electron chi connectivity index (χ2n) is 17.3. The molecule has 14 nitrogen and oxygen atoms in total. The monoisotopic (exact) mass is 746 g/mol. The van der Waals surface area contributed by atoms with Gasteiger partial charge in [0.05, 0.1) is 21.7 Å². The molecule has 0 bridgehead atoms. The topological polar surface area (TPSA) is 189 Å². The predicted octanol–water partition coefficient (Wildman–Crippen LogP) is 4.07. The van der Waals surface area contributed by atoms with Crippen LogP contribution in [0.3, 0.4) is 0 Å². The first-order valence-electron chi connectivity index (χ1n) is 18.1. The maximum absolute atomic E-state index is 13.9. The number of aliphatic carboxylic acids is 1. The standard InChI is InChI=1S/C38H70N2O12/c1-16-35(8,22-33(4,5)29(44)45)31(47)51-21-28(43)19-50-30(46)34(6,7)23-38(11,40(14)15)25-36(9,24-37(10,17-2)39(12)13)32(48)52-20-27(42)18-49-26(3)41/h27-28,42-43H,16-25H2,1-15H3,(H,44,45). The van der Waals surface area contributed by atoms with Gasteiger partial charge in [0.25, 0.3) is 0 Å². The van der Waals surface area contributed by atoms with Crippen molar-refractivity contribution in [1.29, 1.82) is 0 Å². The zero-order valence-corrected chi connectivity index (χ0v) is 34.6. The molecule has 0 aliphatic rings. The van der Waals surface area contributed by atoms with Crippen molar-refractivity contribution >= 4 is 29.8 Å². The van der Waals surface area contributed by atoms with Gasteiger partial charge in [-0.15, -0.1) is 0 Å². The number of ether oxygens (including phenoxy) is 4. The summed E-state index contributed by atoms with van der Waals surface area (Å²) in [4.78, 5) is 67.2. The minimum absolute atomic E-state index is 0.0379. The number of carbonyl (C=O) groups excluding carboxylic acids is 4. The highest BCUT2D eigenvalue weighted by Gasteiger charge is 2.50. The van der Waals surface area contributed by atoms with Crippen LogP contribution in [-0.2, 0) is 42.9 Å². The molecule has 0 saturated carbocycles. The molecule has 0 heterocycles. The highest BCUT2D eigenvalue weighted by atomic mass is 16.6. The number of hydrogen-bond donors (Lipinski definition) is 3. The molecule has 6 unspecified atom stereocenters. The normalized spacial score (nSPS) is 18.2. The molecule has 3 N–H and O–H groups in total. The molecule has 0 aliphatic heterocycles. The lowest BCUT2D eigenvalue weighted by Crippen LogP contribution is -2.54. The van der Waals surface area contributed by atoms with Gasteiger partial charge in [0.1, 0.15) is 38.6 Å². The molecule has 0 spiro atoms. The first-order valence-corrected chi connectivity index (χ1v) is 18.1. The number of esters is 4. The number of rotatable bonds is 24. The third-order valence-electron chi connectivity index (χ3n) is 10.7. The molecule has 0 saturated heterocycles. The lowest BCUT2D eigenvalue weighted by Gasteiger charge is -2.48. The summed E-state index contributed by atoms with van der Waals surface area (Å²) in [6, 6.07) is 0. The summed E-state index contributed by atoms with van der Waals surface area (Å²) in [6.07, 6.45) is -0.519. The van der Waals surface area contributed by atoms with E-state index in [0.29, 0.717) is 12.8 Å². The Morgan fingerprint density at radius 2 is 0.923 bits per heavy atom. The average Bonchev–Trinajstić information content (AvgIpc) is 3.02. The van der Waals surface area contributed by atoms with Crippen LogP contribution in [0.1, 0.15) is 115 Å². The van der Waals surface area contributed by atoms with Crippen molar-refractivity contribution in [2.45, 2.75) is 138 Å². The van der Waals surface area contributed by atoms with Gasteiger partial charge in [-0.25, -0.2) is 0 Å². The van der Waals surface area contributed by atoms with Crippen molar-refractivity contribution in [3.63, 3.8) is 0 Å². The lowest BCUT2D eigenvalue weighted by molar-refractivity contribution is -0.167. The SMILES string of the molecule is CCC(C)(CC(C)(C)C(=O)O)C(=O)OCC(O)COC(=O)C(C)(C)CC(C)(CC(C)(CC(C)(CC)N(C)C)C(=O)OCC(O)COC(C)=O)N(C)C. The third-order valence-corrected chi connectivity index (χ3v) is 10.7. The first-order chi connectivity index (χ1) is 23.5. The van der Waals surface area contributed by atoms with E-state index in [1.54, 1.807) is 27.7 Å². The molecule has 0 aromatic carbocycles. The fraction of sp³-hybridized carbons (Fsp3) is 0.868. The fourth-order valence-corrected chi connectivity index (χ4v) is 6.65. The Hall–Kier alpha value is -2.81. The van der Waals surface area contributed by atoms with Gasteiger partial charge in [-0.05, 0) is 122 Å². The van der Waals surface area contributed by atoms with Gasteiger partial charge in [-0.1, -0.05) is 13.8 Å². The number of carboxylic acids is 1. The van der Waals surface area contributed by atoms with Crippen LogP contribution >= 0.6 is 0 Å². The van der Waals surface area contributed by atoms with Gasteiger partial charge in [0.15, 0.2) is 0 Å². The molecule has 0 radical (unpaired) electrons. The number of nitrogens with zero attached hydrogens (tertiary/aromatic N) is 2. The molecular weight excluding hydrogens is 676 g/mol. The summed E-state index contributed by atoms with van der Waals surface area (Å²) in [5.74, 6) is -3.38. The predicted molar refractivity (Wildman–Crippen MR) is 196 cm³/mol. The Morgan fingerprint density at radius 1 is 0.538 bits per heavy atom. The summed E-state index contributed by atoms with van der Waals surface area (Å²) < 4.78 is 21.4. The molecule has 0 amide bonds. The number of carbonyl (C=O) groups is 5. The van der Waals surface area contributed by atoms with Gasteiger partial charge in [-0.3, -0.25) is 24.0 Å². The van der Waals surface area contributed by atoms with Crippen LogP contribution < -0.4 is 0 Å². The van der Waals surface area contributed by atoms with E-state index in [0.717, 1.165) is 6.42 Å². The Morgan fingerprint density at radius 3 is 1.29 bits per heavy atom. The van der Waals surface area contributed by atoms with Crippen molar-refractivity contribution in [2.24, 2.45) is 21.7 Å². The summed E-state index contributed by atoms with van der Waals surface area (Å²) in [7, 11) is 7.61. The van der Waals surface area contributed by atoms with Crippen molar-refractivity contribution in [1.82, 2.24) is 9.80 Å².